The lowest BCUT2D eigenvalue weighted by atomic mass is 9.91. The van der Waals surface area contributed by atoms with Crippen LogP contribution in [0.1, 0.15) is 30.9 Å². The van der Waals surface area contributed by atoms with Crippen LogP contribution in [0.25, 0.3) is 0 Å². The van der Waals surface area contributed by atoms with Crippen LogP contribution in [-0.2, 0) is 6.42 Å². The van der Waals surface area contributed by atoms with Crippen molar-refractivity contribution in [3.05, 3.63) is 53.6 Å². The highest BCUT2D eigenvalue weighted by atomic mass is 16.5. The molecule has 0 heterocycles. The van der Waals surface area contributed by atoms with Gasteiger partial charge in [0, 0.05) is 12.0 Å². The van der Waals surface area contributed by atoms with Gasteiger partial charge in [0.05, 0.1) is 13.2 Å². The fourth-order valence-electron chi connectivity index (χ4n) is 2.60. The van der Waals surface area contributed by atoms with Crippen molar-refractivity contribution in [2.45, 2.75) is 26.2 Å². The summed E-state index contributed by atoms with van der Waals surface area (Å²) in [5, 5.41) is 9.43. The van der Waals surface area contributed by atoms with Crippen molar-refractivity contribution in [2.75, 3.05) is 19.8 Å². The molecule has 0 aliphatic heterocycles. The summed E-state index contributed by atoms with van der Waals surface area (Å²) in [6, 6.07) is 13.2. The molecule has 0 bridgehead atoms. The lowest BCUT2D eigenvalue weighted by Gasteiger charge is -2.18. The highest BCUT2D eigenvalue weighted by molar-refractivity contribution is 5.42. The second kappa shape index (κ2) is 8.44. The number of ether oxygens (including phenoxy) is 2. The van der Waals surface area contributed by atoms with Crippen molar-refractivity contribution < 1.29 is 14.6 Å². The molecular weight excluding hydrogens is 290 g/mol. The van der Waals surface area contributed by atoms with Crippen molar-refractivity contribution >= 4 is 0 Å². The van der Waals surface area contributed by atoms with Gasteiger partial charge in [-0.25, -0.2) is 0 Å². The second-order valence-electron chi connectivity index (χ2n) is 5.36. The largest absolute Gasteiger partial charge is 0.508 e. The number of benzene rings is 2. The molecule has 2 rings (SSSR count). The fraction of sp³-hybridized carbons (Fsp3) is 0.368. The van der Waals surface area contributed by atoms with E-state index in [0.717, 1.165) is 29.0 Å². The first-order valence-corrected chi connectivity index (χ1v) is 8.05. The van der Waals surface area contributed by atoms with Crippen LogP contribution in [0.4, 0.5) is 0 Å². The third kappa shape index (κ3) is 4.63. The summed E-state index contributed by atoms with van der Waals surface area (Å²) < 4.78 is 11.3. The van der Waals surface area contributed by atoms with Gasteiger partial charge in [0.2, 0.25) is 0 Å². The molecule has 0 radical (unpaired) electrons. The molecule has 1 atom stereocenters. The molecule has 0 saturated carbocycles. The zero-order valence-corrected chi connectivity index (χ0v) is 13.8. The second-order valence-corrected chi connectivity index (χ2v) is 5.36. The van der Waals surface area contributed by atoms with Crippen LogP contribution >= 0.6 is 0 Å². The number of hydrogen-bond acceptors (Lipinski definition) is 4. The summed E-state index contributed by atoms with van der Waals surface area (Å²) in [7, 11) is 0. The van der Waals surface area contributed by atoms with Crippen LogP contribution in [0.2, 0.25) is 0 Å². The summed E-state index contributed by atoms with van der Waals surface area (Å²) in [6.45, 7) is 5.70. The first kappa shape index (κ1) is 17.2. The van der Waals surface area contributed by atoms with E-state index < -0.39 is 0 Å². The molecule has 2 aromatic carbocycles. The van der Waals surface area contributed by atoms with E-state index in [1.165, 1.54) is 0 Å². The first-order chi connectivity index (χ1) is 11.2. The van der Waals surface area contributed by atoms with Crippen molar-refractivity contribution in [1.29, 1.82) is 0 Å². The Labute approximate surface area is 137 Å². The number of phenolic OH excluding ortho intramolecular Hbond substituents is 1. The van der Waals surface area contributed by atoms with E-state index in [4.69, 9.17) is 15.2 Å². The minimum Gasteiger partial charge on any atom is -0.508 e. The first-order valence-electron chi connectivity index (χ1n) is 8.05. The van der Waals surface area contributed by atoms with Crippen LogP contribution in [0.3, 0.4) is 0 Å². The Morgan fingerprint density at radius 2 is 1.70 bits per heavy atom. The van der Waals surface area contributed by atoms with Crippen LogP contribution in [0.5, 0.6) is 17.2 Å². The molecule has 0 spiro atoms. The highest BCUT2D eigenvalue weighted by Gasteiger charge is 2.15. The predicted molar refractivity (Wildman–Crippen MR) is 92.4 cm³/mol. The molecule has 1 unspecified atom stereocenters. The van der Waals surface area contributed by atoms with Crippen molar-refractivity contribution in [1.82, 2.24) is 0 Å². The van der Waals surface area contributed by atoms with Gasteiger partial charge in [-0.3, -0.25) is 0 Å². The molecule has 23 heavy (non-hydrogen) atoms. The molecule has 4 nitrogen and oxygen atoms in total. The predicted octanol–water partition coefficient (Wildman–Crippen LogP) is 3.47. The molecule has 0 aromatic heterocycles. The van der Waals surface area contributed by atoms with Gasteiger partial charge in [-0.05, 0) is 56.1 Å². The monoisotopic (exact) mass is 315 g/mol. The maximum atomic E-state index is 9.43. The van der Waals surface area contributed by atoms with E-state index in [1.807, 2.05) is 44.2 Å². The molecule has 0 fully saturated rings. The molecule has 0 aliphatic carbocycles. The molecule has 3 N–H and O–H groups in total. The minimum absolute atomic E-state index is 0.174. The average molecular weight is 315 g/mol. The van der Waals surface area contributed by atoms with Crippen molar-refractivity contribution in [3.8, 4) is 17.2 Å². The van der Waals surface area contributed by atoms with E-state index in [-0.39, 0.29) is 11.7 Å². The zero-order chi connectivity index (χ0) is 16.7. The summed E-state index contributed by atoms with van der Waals surface area (Å²) in [6.07, 6.45) is 0.781. The van der Waals surface area contributed by atoms with E-state index in [9.17, 15) is 5.11 Å². The Balaban J connectivity index is 2.23. The quantitative estimate of drug-likeness (QED) is 0.783. The lowest BCUT2D eigenvalue weighted by Crippen LogP contribution is -2.15. The molecule has 0 aliphatic rings. The molecule has 0 saturated heterocycles. The standard InChI is InChI=1S/C19H25NO3/c1-3-22-18-10-7-15(19(12-18)23-4-2)11-16(13-20)14-5-8-17(21)9-6-14/h5-10,12,16,21H,3-4,11,13,20H2,1-2H3. The summed E-state index contributed by atoms with van der Waals surface area (Å²) in [5.41, 5.74) is 8.19. The van der Waals surface area contributed by atoms with E-state index in [1.54, 1.807) is 12.1 Å². The van der Waals surface area contributed by atoms with Gasteiger partial charge in [0.15, 0.2) is 0 Å². The molecule has 4 heteroatoms. The van der Waals surface area contributed by atoms with Gasteiger partial charge < -0.3 is 20.3 Å². The molecule has 0 amide bonds. The van der Waals surface area contributed by atoms with Gasteiger partial charge in [0.25, 0.3) is 0 Å². The van der Waals surface area contributed by atoms with Gasteiger partial charge in [0.1, 0.15) is 17.2 Å². The topological polar surface area (TPSA) is 64.7 Å². The van der Waals surface area contributed by atoms with E-state index in [2.05, 4.69) is 0 Å². The number of phenols is 1. The maximum absolute atomic E-state index is 9.43. The van der Waals surface area contributed by atoms with Gasteiger partial charge in [-0.2, -0.15) is 0 Å². The minimum atomic E-state index is 0.174. The molecular formula is C19H25NO3. The Hall–Kier alpha value is -2.20. The normalized spacial score (nSPS) is 12.0. The summed E-state index contributed by atoms with van der Waals surface area (Å²) in [4.78, 5) is 0. The smallest absolute Gasteiger partial charge is 0.126 e. The number of hydrogen-bond donors (Lipinski definition) is 2. The van der Waals surface area contributed by atoms with E-state index in [0.29, 0.717) is 19.8 Å². The third-order valence-electron chi connectivity index (χ3n) is 3.76. The lowest BCUT2D eigenvalue weighted by molar-refractivity contribution is 0.320. The van der Waals surface area contributed by atoms with Crippen LogP contribution in [0, 0.1) is 0 Å². The van der Waals surface area contributed by atoms with Crippen LogP contribution in [-0.4, -0.2) is 24.9 Å². The molecule has 2 aromatic rings. The van der Waals surface area contributed by atoms with Gasteiger partial charge in [-0.1, -0.05) is 18.2 Å². The Bertz CT molecular complexity index is 611. The fourth-order valence-corrected chi connectivity index (χ4v) is 2.60. The van der Waals surface area contributed by atoms with Crippen molar-refractivity contribution in [3.63, 3.8) is 0 Å². The number of rotatable bonds is 8. The highest BCUT2D eigenvalue weighted by Crippen LogP contribution is 2.30. The van der Waals surface area contributed by atoms with Gasteiger partial charge in [-0.15, -0.1) is 0 Å². The van der Waals surface area contributed by atoms with Crippen LogP contribution < -0.4 is 15.2 Å². The van der Waals surface area contributed by atoms with Gasteiger partial charge >= 0.3 is 0 Å². The number of nitrogens with two attached hydrogens (primary N) is 1. The summed E-state index contributed by atoms with van der Waals surface area (Å²) >= 11 is 0. The third-order valence-corrected chi connectivity index (χ3v) is 3.76. The Kier molecular flexibility index (Phi) is 6.29. The van der Waals surface area contributed by atoms with Crippen LogP contribution in [0.15, 0.2) is 42.5 Å². The van der Waals surface area contributed by atoms with E-state index >= 15 is 0 Å². The van der Waals surface area contributed by atoms with Crippen molar-refractivity contribution in [2.24, 2.45) is 5.73 Å². The SMILES string of the molecule is CCOc1ccc(CC(CN)c2ccc(O)cc2)c(OCC)c1. The molecule has 124 valence electrons. The average Bonchev–Trinajstić information content (AvgIpc) is 2.56. The summed E-state index contributed by atoms with van der Waals surface area (Å²) in [5.74, 6) is 2.10. The number of aromatic hydroxyl groups is 1. The zero-order valence-electron chi connectivity index (χ0n) is 13.8. The maximum Gasteiger partial charge on any atom is 0.126 e. The Morgan fingerprint density at radius 1 is 1.00 bits per heavy atom. The Morgan fingerprint density at radius 3 is 2.30 bits per heavy atom.